The summed E-state index contributed by atoms with van der Waals surface area (Å²) in [6, 6.07) is 22.5. The molecule has 31 heavy (non-hydrogen) atoms. The number of nitrogens with zero attached hydrogens (tertiary/aromatic N) is 1. The SMILES string of the molecule is COc1ccc(N2C(=O)S/C(=C\c3cccc(OCc4ccc(C)cc4)c3)C2=O)cc1. The molecule has 1 aliphatic rings. The topological polar surface area (TPSA) is 55.8 Å². The predicted octanol–water partition coefficient (Wildman–Crippen LogP) is 5.82. The van der Waals surface area contributed by atoms with E-state index in [1.807, 2.05) is 55.5 Å². The van der Waals surface area contributed by atoms with Gasteiger partial charge in [0, 0.05) is 0 Å². The minimum Gasteiger partial charge on any atom is -0.497 e. The van der Waals surface area contributed by atoms with Crippen LogP contribution in [0.15, 0.2) is 77.7 Å². The molecule has 5 nitrogen and oxygen atoms in total. The number of ether oxygens (including phenoxy) is 2. The number of imide groups is 1. The summed E-state index contributed by atoms with van der Waals surface area (Å²) < 4.78 is 11.0. The van der Waals surface area contributed by atoms with Gasteiger partial charge in [-0.25, -0.2) is 4.90 Å². The van der Waals surface area contributed by atoms with Gasteiger partial charge in [-0.1, -0.05) is 42.0 Å². The molecule has 3 aromatic carbocycles. The Balaban J connectivity index is 1.49. The van der Waals surface area contributed by atoms with E-state index >= 15 is 0 Å². The summed E-state index contributed by atoms with van der Waals surface area (Å²) in [4.78, 5) is 26.9. The molecule has 1 fully saturated rings. The lowest BCUT2D eigenvalue weighted by molar-refractivity contribution is -0.113. The zero-order valence-electron chi connectivity index (χ0n) is 17.2. The van der Waals surface area contributed by atoms with Gasteiger partial charge < -0.3 is 9.47 Å². The lowest BCUT2D eigenvalue weighted by Gasteiger charge is -2.12. The molecule has 0 bridgehead atoms. The molecule has 1 heterocycles. The van der Waals surface area contributed by atoms with E-state index < -0.39 is 0 Å². The second kappa shape index (κ2) is 9.10. The van der Waals surface area contributed by atoms with Crippen LogP contribution in [0.1, 0.15) is 16.7 Å². The second-order valence-corrected chi connectivity index (χ2v) is 8.06. The average molecular weight is 432 g/mol. The first-order chi connectivity index (χ1) is 15.0. The highest BCUT2D eigenvalue weighted by atomic mass is 32.2. The Morgan fingerprint density at radius 1 is 0.935 bits per heavy atom. The molecule has 0 aliphatic carbocycles. The van der Waals surface area contributed by atoms with Crippen molar-refractivity contribution < 1.29 is 19.1 Å². The Morgan fingerprint density at radius 2 is 1.68 bits per heavy atom. The fraction of sp³-hybridized carbons (Fsp3) is 0.120. The number of anilines is 1. The van der Waals surface area contributed by atoms with Crippen LogP contribution in [0, 0.1) is 6.92 Å². The Bertz CT molecular complexity index is 1140. The summed E-state index contributed by atoms with van der Waals surface area (Å²) in [7, 11) is 1.57. The quantitative estimate of drug-likeness (QED) is 0.460. The molecular formula is C25H21NO4S. The lowest BCUT2D eigenvalue weighted by Crippen LogP contribution is -2.27. The number of hydrogen-bond acceptors (Lipinski definition) is 5. The number of methoxy groups -OCH3 is 1. The van der Waals surface area contributed by atoms with E-state index in [0.717, 1.165) is 22.9 Å². The molecule has 3 aromatic rings. The van der Waals surface area contributed by atoms with Gasteiger partial charge in [0.25, 0.3) is 11.1 Å². The van der Waals surface area contributed by atoms with E-state index in [-0.39, 0.29) is 11.1 Å². The smallest absolute Gasteiger partial charge is 0.298 e. The third-order valence-corrected chi connectivity index (χ3v) is 5.68. The molecule has 4 rings (SSSR count). The van der Waals surface area contributed by atoms with Crippen LogP contribution in [0.2, 0.25) is 0 Å². The Labute approximate surface area is 185 Å². The van der Waals surface area contributed by atoms with Crippen LogP contribution in [0.3, 0.4) is 0 Å². The van der Waals surface area contributed by atoms with Crippen molar-refractivity contribution in [3.63, 3.8) is 0 Å². The fourth-order valence-corrected chi connectivity index (χ4v) is 3.96. The standard InChI is InChI=1S/C25H21NO4S/c1-17-6-8-18(9-7-17)16-30-22-5-3-4-19(14-22)15-23-24(27)26(25(28)31-23)20-10-12-21(29-2)13-11-20/h3-15H,16H2,1-2H3/b23-15-. The summed E-state index contributed by atoms with van der Waals surface area (Å²) >= 11 is 0.925. The van der Waals surface area contributed by atoms with Crippen molar-refractivity contribution in [1.82, 2.24) is 0 Å². The Hall–Kier alpha value is -3.51. The van der Waals surface area contributed by atoms with E-state index in [1.165, 1.54) is 10.5 Å². The molecular weight excluding hydrogens is 410 g/mol. The first-order valence-corrected chi connectivity index (χ1v) is 10.6. The lowest BCUT2D eigenvalue weighted by atomic mass is 10.1. The van der Waals surface area contributed by atoms with Gasteiger partial charge in [-0.3, -0.25) is 9.59 Å². The van der Waals surface area contributed by atoms with Gasteiger partial charge in [0.15, 0.2) is 0 Å². The molecule has 156 valence electrons. The fourth-order valence-electron chi connectivity index (χ4n) is 3.12. The minimum atomic E-state index is -0.342. The van der Waals surface area contributed by atoms with Crippen molar-refractivity contribution in [2.24, 2.45) is 0 Å². The van der Waals surface area contributed by atoms with E-state index in [4.69, 9.17) is 9.47 Å². The molecule has 0 saturated carbocycles. The monoisotopic (exact) mass is 431 g/mol. The Kier molecular flexibility index (Phi) is 6.09. The number of thioether (sulfide) groups is 1. The molecule has 2 amide bonds. The van der Waals surface area contributed by atoms with Crippen LogP contribution in [0.25, 0.3) is 6.08 Å². The van der Waals surface area contributed by atoms with E-state index in [9.17, 15) is 9.59 Å². The number of carbonyl (C=O) groups is 2. The molecule has 0 atom stereocenters. The van der Waals surface area contributed by atoms with Crippen molar-refractivity contribution in [3.8, 4) is 11.5 Å². The van der Waals surface area contributed by atoms with Crippen LogP contribution < -0.4 is 14.4 Å². The number of hydrogen-bond donors (Lipinski definition) is 0. The van der Waals surface area contributed by atoms with Gasteiger partial charge in [0.05, 0.1) is 17.7 Å². The van der Waals surface area contributed by atoms with E-state index in [1.54, 1.807) is 37.5 Å². The summed E-state index contributed by atoms with van der Waals surface area (Å²) in [6.07, 6.45) is 1.72. The van der Waals surface area contributed by atoms with Crippen molar-refractivity contribution in [2.45, 2.75) is 13.5 Å². The second-order valence-electron chi connectivity index (χ2n) is 7.06. The van der Waals surface area contributed by atoms with Crippen molar-refractivity contribution in [1.29, 1.82) is 0 Å². The normalized spacial score (nSPS) is 14.9. The molecule has 6 heteroatoms. The molecule has 0 aromatic heterocycles. The van der Waals surface area contributed by atoms with Gasteiger partial charge >= 0.3 is 0 Å². The Morgan fingerprint density at radius 3 is 2.39 bits per heavy atom. The van der Waals surface area contributed by atoms with Gasteiger partial charge in [-0.2, -0.15) is 0 Å². The molecule has 0 spiro atoms. The molecule has 0 N–H and O–H groups in total. The van der Waals surface area contributed by atoms with Crippen molar-refractivity contribution in [2.75, 3.05) is 12.0 Å². The maximum atomic E-state index is 12.9. The third-order valence-electron chi connectivity index (χ3n) is 4.81. The molecule has 1 saturated heterocycles. The van der Waals surface area contributed by atoms with Gasteiger partial charge in [-0.05, 0) is 72.3 Å². The third kappa shape index (κ3) is 4.81. The van der Waals surface area contributed by atoms with Crippen molar-refractivity contribution in [3.05, 3.63) is 94.4 Å². The highest BCUT2D eigenvalue weighted by Crippen LogP contribution is 2.36. The predicted molar refractivity (Wildman–Crippen MR) is 123 cm³/mol. The number of carbonyl (C=O) groups excluding carboxylic acids is 2. The summed E-state index contributed by atoms with van der Waals surface area (Å²) in [5, 5.41) is -0.326. The first-order valence-electron chi connectivity index (χ1n) is 9.74. The van der Waals surface area contributed by atoms with Gasteiger partial charge in [-0.15, -0.1) is 0 Å². The van der Waals surface area contributed by atoms with Crippen LogP contribution in [0.5, 0.6) is 11.5 Å². The maximum absolute atomic E-state index is 12.9. The average Bonchev–Trinajstić information content (AvgIpc) is 3.06. The maximum Gasteiger partial charge on any atom is 0.298 e. The highest BCUT2D eigenvalue weighted by molar-refractivity contribution is 8.19. The van der Waals surface area contributed by atoms with Gasteiger partial charge in [0.2, 0.25) is 0 Å². The largest absolute Gasteiger partial charge is 0.497 e. The number of benzene rings is 3. The first kappa shape index (κ1) is 20.8. The van der Waals surface area contributed by atoms with Gasteiger partial charge in [0.1, 0.15) is 18.1 Å². The summed E-state index contributed by atoms with van der Waals surface area (Å²) in [6.45, 7) is 2.50. The minimum absolute atomic E-state index is 0.326. The highest BCUT2D eigenvalue weighted by Gasteiger charge is 2.36. The number of rotatable bonds is 6. The van der Waals surface area contributed by atoms with Crippen LogP contribution in [-0.4, -0.2) is 18.3 Å². The molecule has 0 radical (unpaired) electrons. The van der Waals surface area contributed by atoms with E-state index in [2.05, 4.69) is 0 Å². The molecule has 1 aliphatic heterocycles. The summed E-state index contributed by atoms with van der Waals surface area (Å²) in [5.74, 6) is 1.02. The van der Waals surface area contributed by atoms with Crippen LogP contribution in [-0.2, 0) is 11.4 Å². The number of aryl methyl sites for hydroxylation is 1. The van der Waals surface area contributed by atoms with E-state index in [0.29, 0.717) is 28.7 Å². The van der Waals surface area contributed by atoms with Crippen molar-refractivity contribution >= 4 is 34.7 Å². The zero-order valence-corrected chi connectivity index (χ0v) is 18.0. The van der Waals surface area contributed by atoms with Crippen LogP contribution >= 0.6 is 11.8 Å². The number of amides is 2. The summed E-state index contributed by atoms with van der Waals surface area (Å²) in [5.41, 5.74) is 3.59. The van der Waals surface area contributed by atoms with Crippen LogP contribution in [0.4, 0.5) is 10.5 Å². The zero-order chi connectivity index (χ0) is 21.8. The molecule has 0 unspecified atom stereocenters.